The van der Waals surface area contributed by atoms with Crippen molar-refractivity contribution in [2.45, 2.75) is 5.60 Å². The molecule has 0 aromatic heterocycles. The molecule has 0 saturated carbocycles. The van der Waals surface area contributed by atoms with Gasteiger partial charge in [-0.05, 0) is 42.4 Å². The average Bonchev–Trinajstić information content (AvgIpc) is 2.40. The number of aliphatic hydroxyl groups is 1. The third kappa shape index (κ3) is 2.70. The van der Waals surface area contributed by atoms with E-state index < -0.39 is 5.60 Å². The lowest BCUT2D eigenvalue weighted by Crippen LogP contribution is -2.37. The Balaban J connectivity index is 2.47. The van der Waals surface area contributed by atoms with Crippen molar-refractivity contribution in [1.82, 2.24) is 5.32 Å². The van der Waals surface area contributed by atoms with Gasteiger partial charge >= 0.3 is 0 Å². The molecule has 2 aromatic rings. The highest BCUT2D eigenvalue weighted by atomic mass is 16.3. The summed E-state index contributed by atoms with van der Waals surface area (Å²) in [7, 11) is 1.81. The monoisotopic (exact) mass is 257 g/mol. The number of hydrogen-bond acceptors (Lipinski definition) is 4. The predicted molar refractivity (Wildman–Crippen MR) is 78.6 cm³/mol. The Morgan fingerprint density at radius 3 is 1.58 bits per heavy atom. The smallest absolute Gasteiger partial charge is 0.127 e. The zero-order chi connectivity index (χ0) is 13.9. The Labute approximate surface area is 113 Å². The number of nitrogens with two attached hydrogens (primary N) is 2. The topological polar surface area (TPSA) is 84.3 Å². The summed E-state index contributed by atoms with van der Waals surface area (Å²) in [5, 5.41) is 14.0. The highest BCUT2D eigenvalue weighted by Gasteiger charge is 2.30. The molecule has 0 radical (unpaired) electrons. The molecule has 2 aromatic carbocycles. The Bertz CT molecular complexity index is 489. The molecule has 0 aliphatic rings. The first-order chi connectivity index (χ1) is 9.06. The maximum atomic E-state index is 11.0. The molecule has 100 valence electrons. The SMILES string of the molecule is CNCC(O)(c1ccc(N)cc1)c1ccc(N)cc1. The third-order valence-electron chi connectivity index (χ3n) is 3.21. The second-order valence-electron chi connectivity index (χ2n) is 4.63. The second-order valence-corrected chi connectivity index (χ2v) is 4.63. The fourth-order valence-corrected chi connectivity index (χ4v) is 2.14. The summed E-state index contributed by atoms with van der Waals surface area (Å²) in [6.07, 6.45) is 0. The van der Waals surface area contributed by atoms with Crippen molar-refractivity contribution in [2.24, 2.45) is 0 Å². The normalized spacial score (nSPS) is 11.5. The summed E-state index contributed by atoms with van der Waals surface area (Å²) in [4.78, 5) is 0. The van der Waals surface area contributed by atoms with Crippen molar-refractivity contribution in [1.29, 1.82) is 0 Å². The van der Waals surface area contributed by atoms with E-state index in [-0.39, 0.29) is 0 Å². The summed E-state index contributed by atoms with van der Waals surface area (Å²) in [5.41, 5.74) is 13.2. The molecule has 0 saturated heterocycles. The Morgan fingerprint density at radius 1 is 0.895 bits per heavy atom. The molecule has 0 aliphatic carbocycles. The number of benzene rings is 2. The summed E-state index contributed by atoms with van der Waals surface area (Å²) in [6, 6.07) is 14.5. The molecule has 0 bridgehead atoms. The van der Waals surface area contributed by atoms with Crippen molar-refractivity contribution in [3.05, 3.63) is 59.7 Å². The van der Waals surface area contributed by atoms with Crippen molar-refractivity contribution in [3.8, 4) is 0 Å². The van der Waals surface area contributed by atoms with Crippen molar-refractivity contribution in [3.63, 3.8) is 0 Å². The number of rotatable bonds is 4. The van der Waals surface area contributed by atoms with Crippen LogP contribution in [0.15, 0.2) is 48.5 Å². The number of nitrogen functional groups attached to an aromatic ring is 2. The van der Waals surface area contributed by atoms with Gasteiger partial charge in [-0.2, -0.15) is 0 Å². The van der Waals surface area contributed by atoms with Gasteiger partial charge in [-0.1, -0.05) is 24.3 Å². The fraction of sp³-hybridized carbons (Fsp3) is 0.200. The van der Waals surface area contributed by atoms with Crippen LogP contribution in [0.2, 0.25) is 0 Å². The van der Waals surface area contributed by atoms with E-state index in [1.807, 2.05) is 24.3 Å². The standard InChI is InChI=1S/C15H19N3O/c1-18-10-15(19,11-2-6-13(16)7-3-11)12-4-8-14(17)9-5-12/h2-9,18-19H,10,16-17H2,1H3. The molecule has 4 nitrogen and oxygen atoms in total. The van der Waals surface area contributed by atoms with Gasteiger partial charge in [-0.3, -0.25) is 0 Å². The molecule has 0 amide bonds. The Kier molecular flexibility index (Phi) is 3.74. The molecule has 0 unspecified atom stereocenters. The minimum atomic E-state index is -1.10. The van der Waals surface area contributed by atoms with E-state index in [9.17, 15) is 5.11 Å². The fourth-order valence-electron chi connectivity index (χ4n) is 2.14. The van der Waals surface area contributed by atoms with Gasteiger partial charge in [0.25, 0.3) is 0 Å². The van der Waals surface area contributed by atoms with Crippen LogP contribution in [-0.4, -0.2) is 18.7 Å². The number of hydrogen-bond donors (Lipinski definition) is 4. The summed E-state index contributed by atoms with van der Waals surface area (Å²) in [6.45, 7) is 0.404. The molecule has 4 heteroatoms. The minimum absolute atomic E-state index is 0.404. The highest BCUT2D eigenvalue weighted by Crippen LogP contribution is 2.30. The van der Waals surface area contributed by atoms with E-state index in [1.165, 1.54) is 0 Å². The lowest BCUT2D eigenvalue weighted by Gasteiger charge is -2.29. The zero-order valence-electron chi connectivity index (χ0n) is 10.9. The second kappa shape index (κ2) is 5.30. The molecule has 0 atom stereocenters. The lowest BCUT2D eigenvalue weighted by atomic mass is 9.86. The first-order valence-corrected chi connectivity index (χ1v) is 6.15. The predicted octanol–water partition coefficient (Wildman–Crippen LogP) is 1.31. The number of nitrogens with one attached hydrogen (secondary N) is 1. The summed E-state index contributed by atoms with van der Waals surface area (Å²) >= 11 is 0. The van der Waals surface area contributed by atoms with Crippen LogP contribution in [-0.2, 0) is 5.60 Å². The maximum Gasteiger partial charge on any atom is 0.127 e. The molecule has 0 heterocycles. The molecule has 2 rings (SSSR count). The molecule has 0 aliphatic heterocycles. The van der Waals surface area contributed by atoms with Crippen LogP contribution in [0.3, 0.4) is 0 Å². The van der Waals surface area contributed by atoms with Crippen LogP contribution < -0.4 is 16.8 Å². The van der Waals surface area contributed by atoms with Gasteiger partial charge in [-0.25, -0.2) is 0 Å². The highest BCUT2D eigenvalue weighted by molar-refractivity contribution is 5.47. The zero-order valence-corrected chi connectivity index (χ0v) is 10.9. The third-order valence-corrected chi connectivity index (χ3v) is 3.21. The molecular formula is C15H19N3O. The van der Waals surface area contributed by atoms with Gasteiger partial charge in [0.2, 0.25) is 0 Å². The average molecular weight is 257 g/mol. The van der Waals surface area contributed by atoms with Gasteiger partial charge in [0, 0.05) is 17.9 Å². The number of anilines is 2. The maximum absolute atomic E-state index is 11.0. The van der Waals surface area contributed by atoms with E-state index >= 15 is 0 Å². The van der Waals surface area contributed by atoms with Gasteiger partial charge in [-0.15, -0.1) is 0 Å². The van der Waals surface area contributed by atoms with Crippen LogP contribution in [0, 0.1) is 0 Å². The lowest BCUT2D eigenvalue weighted by molar-refractivity contribution is 0.0823. The molecule has 6 N–H and O–H groups in total. The van der Waals surface area contributed by atoms with Crippen molar-refractivity contribution < 1.29 is 5.11 Å². The van der Waals surface area contributed by atoms with E-state index in [4.69, 9.17) is 11.5 Å². The summed E-state index contributed by atoms with van der Waals surface area (Å²) < 4.78 is 0. The molecule has 0 spiro atoms. The molecule has 19 heavy (non-hydrogen) atoms. The van der Waals surface area contributed by atoms with Crippen LogP contribution in [0.25, 0.3) is 0 Å². The molecular weight excluding hydrogens is 238 g/mol. The van der Waals surface area contributed by atoms with Gasteiger partial charge in [0.05, 0.1) is 0 Å². The van der Waals surface area contributed by atoms with Crippen molar-refractivity contribution in [2.75, 3.05) is 25.1 Å². The first kappa shape index (κ1) is 13.4. The van der Waals surface area contributed by atoms with Crippen LogP contribution in [0.5, 0.6) is 0 Å². The van der Waals surface area contributed by atoms with Gasteiger partial charge < -0.3 is 21.9 Å². The van der Waals surface area contributed by atoms with E-state index in [0.29, 0.717) is 17.9 Å². The first-order valence-electron chi connectivity index (χ1n) is 6.15. The van der Waals surface area contributed by atoms with Crippen molar-refractivity contribution >= 4 is 11.4 Å². The van der Waals surface area contributed by atoms with Crippen LogP contribution in [0.4, 0.5) is 11.4 Å². The van der Waals surface area contributed by atoms with Gasteiger partial charge in [0.15, 0.2) is 0 Å². The Hall–Kier alpha value is -2.04. The van der Waals surface area contributed by atoms with E-state index in [1.54, 1.807) is 31.3 Å². The van der Waals surface area contributed by atoms with Crippen LogP contribution in [0.1, 0.15) is 11.1 Å². The van der Waals surface area contributed by atoms with Crippen LogP contribution >= 0.6 is 0 Å². The largest absolute Gasteiger partial charge is 0.399 e. The van der Waals surface area contributed by atoms with Gasteiger partial charge in [0.1, 0.15) is 5.60 Å². The summed E-state index contributed by atoms with van der Waals surface area (Å²) in [5.74, 6) is 0. The Morgan fingerprint density at radius 2 is 1.26 bits per heavy atom. The van der Waals surface area contributed by atoms with E-state index in [0.717, 1.165) is 11.1 Å². The quantitative estimate of drug-likeness (QED) is 0.622. The van der Waals surface area contributed by atoms with E-state index in [2.05, 4.69) is 5.32 Å². The minimum Gasteiger partial charge on any atom is -0.399 e. The molecule has 0 fully saturated rings. The number of likely N-dealkylation sites (N-methyl/N-ethyl adjacent to an activating group) is 1.